The Morgan fingerprint density at radius 2 is 1.68 bits per heavy atom. The molecule has 5 heteroatoms. The maximum absolute atomic E-state index is 11.6. The predicted molar refractivity (Wildman–Crippen MR) is 77.6 cm³/mol. The fraction of sp³-hybridized carbons (Fsp3) is 0.857. The lowest BCUT2D eigenvalue weighted by Gasteiger charge is -2.22. The lowest BCUT2D eigenvalue weighted by atomic mass is 9.87. The summed E-state index contributed by atoms with van der Waals surface area (Å²) in [5.74, 6) is -0.110. The maximum Gasteiger partial charge on any atom is 0.221 e. The third-order valence-corrected chi connectivity index (χ3v) is 2.57. The van der Waals surface area contributed by atoms with Gasteiger partial charge in [-0.2, -0.15) is 0 Å². The van der Waals surface area contributed by atoms with Gasteiger partial charge in [0.1, 0.15) is 0 Å². The molecule has 0 aliphatic rings. The summed E-state index contributed by atoms with van der Waals surface area (Å²) in [5, 5.41) is 5.49. The van der Waals surface area contributed by atoms with Crippen LogP contribution in [0.1, 0.15) is 53.4 Å². The van der Waals surface area contributed by atoms with E-state index < -0.39 is 0 Å². The summed E-state index contributed by atoms with van der Waals surface area (Å²) >= 11 is 0. The number of nitrogens with two attached hydrogens (primary N) is 1. The fourth-order valence-corrected chi connectivity index (χ4v) is 1.84. The quantitative estimate of drug-likeness (QED) is 0.619. The molecule has 0 rings (SSSR count). The fourth-order valence-electron chi connectivity index (χ4n) is 1.84. The second kappa shape index (κ2) is 8.91. The molecule has 19 heavy (non-hydrogen) atoms. The Morgan fingerprint density at radius 3 is 2.21 bits per heavy atom. The Hall–Kier alpha value is -1.10. The molecular weight excluding hydrogens is 242 g/mol. The SMILES string of the molecule is CCCNC(=O)CCNC(=O)CC(N)CC(C)(C)C. The molecule has 0 spiro atoms. The zero-order valence-corrected chi connectivity index (χ0v) is 12.7. The van der Waals surface area contributed by atoms with E-state index in [9.17, 15) is 9.59 Å². The molecule has 112 valence electrons. The smallest absolute Gasteiger partial charge is 0.221 e. The lowest BCUT2D eigenvalue weighted by molar-refractivity contribution is -0.122. The molecule has 0 radical (unpaired) electrons. The van der Waals surface area contributed by atoms with Crippen molar-refractivity contribution >= 4 is 11.8 Å². The van der Waals surface area contributed by atoms with Gasteiger partial charge in [0.05, 0.1) is 0 Å². The first-order chi connectivity index (χ1) is 8.74. The number of carbonyl (C=O) groups is 2. The number of rotatable bonds is 8. The zero-order valence-electron chi connectivity index (χ0n) is 12.7. The molecule has 0 bridgehead atoms. The Labute approximate surface area is 116 Å². The molecule has 1 unspecified atom stereocenters. The molecular formula is C14H29N3O2. The molecule has 4 N–H and O–H groups in total. The van der Waals surface area contributed by atoms with Crippen molar-refractivity contribution in [3.05, 3.63) is 0 Å². The van der Waals surface area contributed by atoms with E-state index in [4.69, 9.17) is 5.73 Å². The summed E-state index contributed by atoms with van der Waals surface area (Å²) in [4.78, 5) is 22.9. The summed E-state index contributed by atoms with van der Waals surface area (Å²) in [6.45, 7) is 9.35. The maximum atomic E-state index is 11.6. The van der Waals surface area contributed by atoms with Gasteiger partial charge in [0.2, 0.25) is 11.8 Å². The van der Waals surface area contributed by atoms with Gasteiger partial charge in [-0.25, -0.2) is 0 Å². The van der Waals surface area contributed by atoms with Gasteiger partial charge in [0.15, 0.2) is 0 Å². The van der Waals surface area contributed by atoms with Crippen LogP contribution in [-0.4, -0.2) is 30.9 Å². The predicted octanol–water partition coefficient (Wildman–Crippen LogP) is 1.17. The number of carbonyl (C=O) groups excluding carboxylic acids is 2. The molecule has 2 amide bonds. The average Bonchev–Trinajstić information content (AvgIpc) is 2.23. The summed E-state index contributed by atoms with van der Waals surface area (Å²) in [6.07, 6.45) is 2.35. The summed E-state index contributed by atoms with van der Waals surface area (Å²) in [6, 6.07) is -0.131. The van der Waals surface area contributed by atoms with Crippen LogP contribution in [-0.2, 0) is 9.59 Å². The van der Waals surface area contributed by atoms with Gasteiger partial charge in [-0.05, 0) is 18.3 Å². The van der Waals surface area contributed by atoms with Gasteiger partial charge in [-0.1, -0.05) is 27.7 Å². The highest BCUT2D eigenvalue weighted by atomic mass is 16.2. The van der Waals surface area contributed by atoms with Crippen molar-refractivity contribution in [1.29, 1.82) is 0 Å². The average molecular weight is 271 g/mol. The third-order valence-electron chi connectivity index (χ3n) is 2.57. The highest BCUT2D eigenvalue weighted by Crippen LogP contribution is 2.20. The topological polar surface area (TPSA) is 84.2 Å². The van der Waals surface area contributed by atoms with Crippen LogP contribution in [0.25, 0.3) is 0 Å². The second-order valence-corrected chi connectivity index (χ2v) is 6.18. The van der Waals surface area contributed by atoms with Crippen molar-refractivity contribution in [3.8, 4) is 0 Å². The van der Waals surface area contributed by atoms with Gasteiger partial charge in [0, 0.05) is 32.0 Å². The highest BCUT2D eigenvalue weighted by molar-refractivity contribution is 5.79. The summed E-state index contributed by atoms with van der Waals surface area (Å²) < 4.78 is 0. The van der Waals surface area contributed by atoms with Crippen molar-refractivity contribution < 1.29 is 9.59 Å². The molecule has 0 aromatic carbocycles. The van der Waals surface area contributed by atoms with Crippen molar-refractivity contribution in [2.45, 2.75) is 59.4 Å². The van der Waals surface area contributed by atoms with Crippen LogP contribution >= 0.6 is 0 Å². The van der Waals surface area contributed by atoms with Crippen LogP contribution in [0, 0.1) is 5.41 Å². The lowest BCUT2D eigenvalue weighted by Crippen LogP contribution is -2.36. The van der Waals surface area contributed by atoms with Crippen LogP contribution in [0.15, 0.2) is 0 Å². The molecule has 0 aromatic rings. The number of nitrogens with one attached hydrogen (secondary N) is 2. The van der Waals surface area contributed by atoms with Gasteiger partial charge in [0.25, 0.3) is 0 Å². The Kier molecular flexibility index (Phi) is 8.39. The van der Waals surface area contributed by atoms with Gasteiger partial charge in [-0.15, -0.1) is 0 Å². The van der Waals surface area contributed by atoms with Crippen LogP contribution in [0.4, 0.5) is 0 Å². The van der Waals surface area contributed by atoms with E-state index in [-0.39, 0.29) is 23.3 Å². The van der Waals surface area contributed by atoms with Crippen molar-refractivity contribution in [2.75, 3.05) is 13.1 Å². The number of hydrogen-bond acceptors (Lipinski definition) is 3. The van der Waals surface area contributed by atoms with E-state index in [0.717, 1.165) is 12.8 Å². The van der Waals surface area contributed by atoms with Crippen LogP contribution in [0.5, 0.6) is 0 Å². The minimum Gasteiger partial charge on any atom is -0.356 e. The van der Waals surface area contributed by atoms with E-state index in [1.165, 1.54) is 0 Å². The van der Waals surface area contributed by atoms with Crippen molar-refractivity contribution in [3.63, 3.8) is 0 Å². The number of amides is 2. The van der Waals surface area contributed by atoms with Crippen LogP contribution in [0.3, 0.4) is 0 Å². The van der Waals surface area contributed by atoms with Crippen molar-refractivity contribution in [2.24, 2.45) is 11.1 Å². The zero-order chi connectivity index (χ0) is 14.9. The Balaban J connectivity index is 3.73. The highest BCUT2D eigenvalue weighted by Gasteiger charge is 2.17. The largest absolute Gasteiger partial charge is 0.356 e. The second-order valence-electron chi connectivity index (χ2n) is 6.18. The summed E-state index contributed by atoms with van der Waals surface area (Å²) in [5.41, 5.74) is 6.04. The van der Waals surface area contributed by atoms with E-state index in [1.807, 2.05) is 6.92 Å². The molecule has 1 atom stereocenters. The van der Waals surface area contributed by atoms with Crippen LogP contribution < -0.4 is 16.4 Å². The van der Waals surface area contributed by atoms with Crippen molar-refractivity contribution in [1.82, 2.24) is 10.6 Å². The molecule has 0 saturated carbocycles. The Bertz CT molecular complexity index is 285. The first kappa shape index (κ1) is 17.9. The minimum atomic E-state index is -0.131. The van der Waals surface area contributed by atoms with Gasteiger partial charge in [-0.3, -0.25) is 9.59 Å². The normalized spacial score (nSPS) is 12.9. The molecule has 0 aliphatic heterocycles. The van der Waals surface area contributed by atoms with E-state index in [0.29, 0.717) is 25.9 Å². The van der Waals surface area contributed by atoms with E-state index in [2.05, 4.69) is 31.4 Å². The van der Waals surface area contributed by atoms with Gasteiger partial charge >= 0.3 is 0 Å². The first-order valence-corrected chi connectivity index (χ1v) is 7.03. The van der Waals surface area contributed by atoms with E-state index >= 15 is 0 Å². The molecule has 0 aromatic heterocycles. The standard InChI is InChI=1S/C14H29N3O2/c1-5-7-16-12(18)6-8-17-13(19)9-11(15)10-14(2,3)4/h11H,5-10,15H2,1-4H3,(H,16,18)(H,17,19). The molecule has 0 saturated heterocycles. The first-order valence-electron chi connectivity index (χ1n) is 7.03. The molecule has 5 nitrogen and oxygen atoms in total. The monoisotopic (exact) mass is 271 g/mol. The minimum absolute atomic E-state index is 0.0267. The molecule has 0 fully saturated rings. The number of hydrogen-bond donors (Lipinski definition) is 3. The van der Waals surface area contributed by atoms with Gasteiger partial charge < -0.3 is 16.4 Å². The summed E-state index contributed by atoms with van der Waals surface area (Å²) in [7, 11) is 0. The van der Waals surface area contributed by atoms with E-state index in [1.54, 1.807) is 0 Å². The Morgan fingerprint density at radius 1 is 1.11 bits per heavy atom. The van der Waals surface area contributed by atoms with Crippen LogP contribution in [0.2, 0.25) is 0 Å². The molecule has 0 aliphatic carbocycles. The third kappa shape index (κ3) is 11.7. The molecule has 0 heterocycles.